The Bertz CT molecular complexity index is 958. The van der Waals surface area contributed by atoms with Gasteiger partial charge >= 0.3 is 0 Å². The molecular weight excluding hydrogens is 421 g/mol. The molecule has 0 heterocycles. The largest absolute Gasteiger partial charge is 0.493 e. The van der Waals surface area contributed by atoms with Gasteiger partial charge in [-0.2, -0.15) is 0 Å². The molecule has 0 unspecified atom stereocenters. The van der Waals surface area contributed by atoms with Gasteiger partial charge in [-0.05, 0) is 72.5 Å². The zero-order chi connectivity index (χ0) is 20.1. The zero-order valence-corrected chi connectivity index (χ0v) is 17.8. The molecule has 0 saturated carbocycles. The van der Waals surface area contributed by atoms with Gasteiger partial charge in [-0.1, -0.05) is 34.1 Å². The average Bonchev–Trinajstić information content (AvgIpc) is 2.69. The van der Waals surface area contributed by atoms with Gasteiger partial charge < -0.3 is 14.8 Å². The van der Waals surface area contributed by atoms with Crippen molar-refractivity contribution >= 4 is 21.6 Å². The highest BCUT2D eigenvalue weighted by molar-refractivity contribution is 9.10. The van der Waals surface area contributed by atoms with Gasteiger partial charge in [-0.15, -0.1) is 0 Å². The van der Waals surface area contributed by atoms with Crippen molar-refractivity contribution in [2.24, 2.45) is 0 Å². The first-order valence-corrected chi connectivity index (χ1v) is 9.80. The zero-order valence-electron chi connectivity index (χ0n) is 16.2. The van der Waals surface area contributed by atoms with E-state index in [0.29, 0.717) is 24.7 Å². The first-order chi connectivity index (χ1) is 13.5. The molecule has 0 atom stereocenters. The van der Waals surface area contributed by atoms with Gasteiger partial charge in [0.25, 0.3) is 0 Å². The molecule has 0 radical (unpaired) electrons. The number of rotatable bonds is 7. The summed E-state index contributed by atoms with van der Waals surface area (Å²) in [4.78, 5) is 0. The van der Waals surface area contributed by atoms with Crippen molar-refractivity contribution in [2.45, 2.75) is 27.0 Å². The van der Waals surface area contributed by atoms with E-state index in [1.807, 2.05) is 12.1 Å². The van der Waals surface area contributed by atoms with Crippen LogP contribution in [-0.2, 0) is 13.2 Å². The fourth-order valence-electron chi connectivity index (χ4n) is 2.78. The minimum Gasteiger partial charge on any atom is -0.493 e. The van der Waals surface area contributed by atoms with Gasteiger partial charge in [0.15, 0.2) is 11.5 Å². The van der Waals surface area contributed by atoms with Crippen LogP contribution in [-0.4, -0.2) is 7.11 Å². The number of methoxy groups -OCH3 is 1. The second kappa shape index (κ2) is 9.11. The van der Waals surface area contributed by atoms with Gasteiger partial charge in [0.05, 0.1) is 7.11 Å². The molecule has 28 heavy (non-hydrogen) atoms. The second-order valence-electron chi connectivity index (χ2n) is 6.66. The summed E-state index contributed by atoms with van der Waals surface area (Å²) in [6.45, 7) is 5.19. The molecule has 0 fully saturated rings. The molecular formula is C23H23BrFNO2. The summed E-state index contributed by atoms with van der Waals surface area (Å²) in [5.41, 5.74) is 5.55. The Labute approximate surface area is 173 Å². The minimum absolute atomic E-state index is 0.260. The molecule has 0 aliphatic rings. The van der Waals surface area contributed by atoms with Crippen molar-refractivity contribution in [1.82, 2.24) is 0 Å². The Morgan fingerprint density at radius 1 is 0.929 bits per heavy atom. The Kier molecular flexibility index (Phi) is 6.57. The van der Waals surface area contributed by atoms with Crippen LogP contribution in [0.1, 0.15) is 22.3 Å². The van der Waals surface area contributed by atoms with Gasteiger partial charge in [0.1, 0.15) is 12.4 Å². The average molecular weight is 444 g/mol. The van der Waals surface area contributed by atoms with Crippen molar-refractivity contribution in [3.8, 4) is 11.5 Å². The lowest BCUT2D eigenvalue weighted by atomic mass is 10.1. The first kappa shape index (κ1) is 20.2. The highest BCUT2D eigenvalue weighted by atomic mass is 79.9. The molecule has 0 bridgehead atoms. The van der Waals surface area contributed by atoms with E-state index in [2.05, 4.69) is 53.3 Å². The summed E-state index contributed by atoms with van der Waals surface area (Å²) >= 11 is 3.62. The molecule has 0 aromatic heterocycles. The van der Waals surface area contributed by atoms with Gasteiger partial charge in [0, 0.05) is 16.7 Å². The summed E-state index contributed by atoms with van der Waals surface area (Å²) in [5.74, 6) is 1.03. The lowest BCUT2D eigenvalue weighted by molar-refractivity contribution is 0.284. The Morgan fingerprint density at radius 2 is 1.68 bits per heavy atom. The molecule has 3 aromatic rings. The third-order valence-corrected chi connectivity index (χ3v) is 5.37. The minimum atomic E-state index is -0.260. The number of aryl methyl sites for hydroxylation is 2. The number of halogens is 2. The van der Waals surface area contributed by atoms with E-state index in [0.717, 1.165) is 21.3 Å². The van der Waals surface area contributed by atoms with E-state index < -0.39 is 0 Å². The van der Waals surface area contributed by atoms with E-state index in [-0.39, 0.29) is 5.82 Å². The molecule has 1 N–H and O–H groups in total. The molecule has 0 spiro atoms. The molecule has 0 aliphatic heterocycles. The number of anilines is 1. The normalized spacial score (nSPS) is 10.6. The maximum atomic E-state index is 13.0. The van der Waals surface area contributed by atoms with Crippen LogP contribution in [0.25, 0.3) is 0 Å². The molecule has 146 valence electrons. The fraction of sp³-hybridized carbons (Fsp3) is 0.217. The van der Waals surface area contributed by atoms with Crippen molar-refractivity contribution in [3.05, 3.63) is 87.1 Å². The van der Waals surface area contributed by atoms with Crippen LogP contribution < -0.4 is 14.8 Å². The maximum absolute atomic E-state index is 13.0. The predicted octanol–water partition coefficient (Wildman–Crippen LogP) is 6.40. The summed E-state index contributed by atoms with van der Waals surface area (Å²) in [7, 11) is 1.62. The van der Waals surface area contributed by atoms with E-state index in [4.69, 9.17) is 9.47 Å². The molecule has 3 aromatic carbocycles. The highest BCUT2D eigenvalue weighted by Crippen LogP contribution is 2.34. The molecule has 3 nitrogen and oxygen atoms in total. The number of benzene rings is 3. The highest BCUT2D eigenvalue weighted by Gasteiger charge is 2.11. The standard InChI is InChI=1S/C23H23BrFNO2/c1-15-4-9-20(10-16(15)2)26-13-18-11-22(27-3)23(12-21(18)24)28-14-17-5-7-19(25)8-6-17/h4-12,26H,13-14H2,1-3H3. The van der Waals surface area contributed by atoms with Crippen molar-refractivity contribution < 1.29 is 13.9 Å². The van der Waals surface area contributed by atoms with E-state index in [9.17, 15) is 4.39 Å². The smallest absolute Gasteiger partial charge is 0.162 e. The summed E-state index contributed by atoms with van der Waals surface area (Å²) in [5, 5.41) is 3.44. The molecule has 0 saturated heterocycles. The van der Waals surface area contributed by atoms with Gasteiger partial charge in [-0.25, -0.2) is 4.39 Å². The van der Waals surface area contributed by atoms with Crippen LogP contribution in [0.3, 0.4) is 0 Å². The van der Waals surface area contributed by atoms with Crippen molar-refractivity contribution in [3.63, 3.8) is 0 Å². The van der Waals surface area contributed by atoms with Gasteiger partial charge in [-0.3, -0.25) is 0 Å². The van der Waals surface area contributed by atoms with Crippen molar-refractivity contribution in [1.29, 1.82) is 0 Å². The van der Waals surface area contributed by atoms with Crippen LogP contribution in [0.4, 0.5) is 10.1 Å². The Balaban J connectivity index is 1.71. The Hall–Kier alpha value is -2.53. The summed E-state index contributed by atoms with van der Waals surface area (Å²) < 4.78 is 25.3. The van der Waals surface area contributed by atoms with Crippen LogP contribution in [0.15, 0.2) is 59.1 Å². The second-order valence-corrected chi connectivity index (χ2v) is 7.52. The molecule has 0 amide bonds. The van der Waals surface area contributed by atoms with E-state index in [1.165, 1.54) is 23.3 Å². The topological polar surface area (TPSA) is 30.5 Å². The SMILES string of the molecule is COc1cc(CNc2ccc(C)c(C)c2)c(Br)cc1OCc1ccc(F)cc1. The third-order valence-electron chi connectivity index (χ3n) is 4.63. The molecule has 3 rings (SSSR count). The fourth-order valence-corrected chi connectivity index (χ4v) is 3.24. The maximum Gasteiger partial charge on any atom is 0.162 e. The monoisotopic (exact) mass is 443 g/mol. The van der Waals surface area contributed by atoms with Crippen molar-refractivity contribution in [2.75, 3.05) is 12.4 Å². The third kappa shape index (κ3) is 5.04. The lowest BCUT2D eigenvalue weighted by Gasteiger charge is -2.15. The molecule has 0 aliphatic carbocycles. The summed E-state index contributed by atoms with van der Waals surface area (Å²) in [6, 6.07) is 16.4. The summed E-state index contributed by atoms with van der Waals surface area (Å²) in [6.07, 6.45) is 0. The lowest BCUT2D eigenvalue weighted by Crippen LogP contribution is -2.03. The van der Waals surface area contributed by atoms with Crippen LogP contribution >= 0.6 is 15.9 Å². The number of hydrogen-bond donors (Lipinski definition) is 1. The molecule has 5 heteroatoms. The quantitative estimate of drug-likeness (QED) is 0.457. The predicted molar refractivity (Wildman–Crippen MR) is 115 cm³/mol. The number of nitrogens with one attached hydrogen (secondary N) is 1. The van der Waals surface area contributed by atoms with Gasteiger partial charge in [0.2, 0.25) is 0 Å². The number of hydrogen-bond acceptors (Lipinski definition) is 3. The van der Waals surface area contributed by atoms with Crippen LogP contribution in [0.2, 0.25) is 0 Å². The first-order valence-electron chi connectivity index (χ1n) is 9.01. The van der Waals surface area contributed by atoms with E-state index in [1.54, 1.807) is 19.2 Å². The van der Waals surface area contributed by atoms with E-state index >= 15 is 0 Å². The van der Waals surface area contributed by atoms with Crippen LogP contribution in [0.5, 0.6) is 11.5 Å². The number of ether oxygens (including phenoxy) is 2. The Morgan fingerprint density at radius 3 is 2.36 bits per heavy atom. The van der Waals surface area contributed by atoms with Crippen LogP contribution in [0, 0.1) is 19.7 Å².